The van der Waals surface area contributed by atoms with Gasteiger partial charge in [0.1, 0.15) is 5.92 Å². The van der Waals surface area contributed by atoms with Crippen LogP contribution in [0.1, 0.15) is 21.3 Å². The molecule has 1 fully saturated rings. The molecule has 25 heavy (non-hydrogen) atoms. The molecule has 1 saturated heterocycles. The van der Waals surface area contributed by atoms with Crippen LogP contribution in [0.25, 0.3) is 0 Å². The molecular formula is C16H13F3N2O3S. The number of rotatable bonds is 3. The lowest BCUT2D eigenvalue weighted by Gasteiger charge is -2.44. The Morgan fingerprint density at radius 2 is 1.84 bits per heavy atom. The molecule has 1 aromatic heterocycles. The molecule has 2 aromatic rings. The summed E-state index contributed by atoms with van der Waals surface area (Å²) in [6.45, 7) is 0. The maximum Gasteiger partial charge on any atom is 0.437 e. The van der Waals surface area contributed by atoms with Crippen LogP contribution in [0.4, 0.5) is 18.0 Å². The third-order valence-corrected chi connectivity index (χ3v) is 4.90. The average molecular weight is 370 g/mol. The fourth-order valence-corrected chi connectivity index (χ4v) is 3.55. The number of thiophene rings is 1. The van der Waals surface area contributed by atoms with Gasteiger partial charge in [0.2, 0.25) is 5.72 Å². The number of Topliss-reactive ketones (excluding diaryl/α,β-unsaturated/α-hetero) is 1. The van der Waals surface area contributed by atoms with E-state index in [1.165, 1.54) is 29.6 Å². The predicted molar refractivity (Wildman–Crippen MR) is 84.0 cm³/mol. The van der Waals surface area contributed by atoms with Gasteiger partial charge in [-0.2, -0.15) is 13.2 Å². The van der Waals surface area contributed by atoms with Crippen molar-refractivity contribution in [1.29, 1.82) is 0 Å². The van der Waals surface area contributed by atoms with Crippen molar-refractivity contribution in [3.8, 4) is 0 Å². The van der Waals surface area contributed by atoms with Crippen molar-refractivity contribution in [3.63, 3.8) is 0 Å². The summed E-state index contributed by atoms with van der Waals surface area (Å²) >= 11 is 0.966. The van der Waals surface area contributed by atoms with Crippen molar-refractivity contribution in [2.24, 2.45) is 5.92 Å². The number of benzene rings is 1. The van der Waals surface area contributed by atoms with Crippen LogP contribution in [0.15, 0.2) is 47.8 Å². The Hall–Kier alpha value is -2.39. The van der Waals surface area contributed by atoms with Crippen LogP contribution in [0, 0.1) is 5.92 Å². The Kier molecular flexibility index (Phi) is 4.29. The Bertz CT molecular complexity index is 780. The predicted octanol–water partition coefficient (Wildman–Crippen LogP) is 2.85. The topological polar surface area (TPSA) is 78.4 Å². The summed E-state index contributed by atoms with van der Waals surface area (Å²) in [5, 5.41) is 15.7. The van der Waals surface area contributed by atoms with E-state index in [0.717, 1.165) is 11.3 Å². The summed E-state index contributed by atoms with van der Waals surface area (Å²) in [6, 6.07) is 8.13. The van der Waals surface area contributed by atoms with Crippen molar-refractivity contribution in [3.05, 3.63) is 58.3 Å². The van der Waals surface area contributed by atoms with E-state index in [9.17, 15) is 27.9 Å². The monoisotopic (exact) mass is 370 g/mol. The zero-order chi connectivity index (χ0) is 18.2. The molecular weight excluding hydrogens is 357 g/mol. The van der Waals surface area contributed by atoms with Crippen LogP contribution in [0.5, 0.6) is 0 Å². The Morgan fingerprint density at radius 1 is 1.16 bits per heavy atom. The van der Waals surface area contributed by atoms with Gasteiger partial charge < -0.3 is 15.7 Å². The smallest absolute Gasteiger partial charge is 0.363 e. The Labute approximate surface area is 144 Å². The molecule has 1 aliphatic rings. The van der Waals surface area contributed by atoms with Gasteiger partial charge in [-0.25, -0.2) is 4.79 Å². The Morgan fingerprint density at radius 3 is 2.40 bits per heavy atom. The zero-order valence-electron chi connectivity index (χ0n) is 12.6. The second-order valence-corrected chi connectivity index (χ2v) is 6.52. The van der Waals surface area contributed by atoms with E-state index >= 15 is 0 Å². The highest BCUT2D eigenvalue weighted by Crippen LogP contribution is 2.44. The highest BCUT2D eigenvalue weighted by atomic mass is 32.1. The molecule has 0 saturated carbocycles. The van der Waals surface area contributed by atoms with Gasteiger partial charge in [0.05, 0.1) is 10.9 Å². The molecule has 0 bridgehead atoms. The third-order valence-electron chi connectivity index (χ3n) is 4.01. The van der Waals surface area contributed by atoms with Crippen molar-refractivity contribution >= 4 is 23.2 Å². The molecule has 0 radical (unpaired) electrons. The molecule has 132 valence electrons. The van der Waals surface area contributed by atoms with Gasteiger partial charge in [-0.05, 0) is 17.0 Å². The number of nitrogens with one attached hydrogen (secondary N) is 2. The van der Waals surface area contributed by atoms with Crippen LogP contribution < -0.4 is 10.6 Å². The van der Waals surface area contributed by atoms with Gasteiger partial charge in [0.15, 0.2) is 5.78 Å². The van der Waals surface area contributed by atoms with Gasteiger partial charge in [0.25, 0.3) is 0 Å². The molecule has 0 aliphatic carbocycles. The number of hydrogen-bond acceptors (Lipinski definition) is 4. The number of aliphatic hydroxyl groups is 1. The molecule has 1 aromatic carbocycles. The molecule has 3 rings (SSSR count). The molecule has 3 N–H and O–H groups in total. The fourth-order valence-electron chi connectivity index (χ4n) is 2.85. The van der Waals surface area contributed by atoms with Crippen molar-refractivity contribution in [2.45, 2.75) is 17.9 Å². The summed E-state index contributed by atoms with van der Waals surface area (Å²) < 4.78 is 40.8. The van der Waals surface area contributed by atoms with E-state index in [2.05, 4.69) is 5.32 Å². The van der Waals surface area contributed by atoms with Crippen LogP contribution in [-0.2, 0) is 0 Å². The zero-order valence-corrected chi connectivity index (χ0v) is 13.4. The number of ketones is 1. The maximum absolute atomic E-state index is 13.6. The van der Waals surface area contributed by atoms with Crippen LogP contribution in [0.2, 0.25) is 0 Å². The first-order valence-corrected chi connectivity index (χ1v) is 8.12. The maximum atomic E-state index is 13.6. The summed E-state index contributed by atoms with van der Waals surface area (Å²) in [4.78, 5) is 24.6. The largest absolute Gasteiger partial charge is 0.437 e. The lowest BCUT2D eigenvalue weighted by atomic mass is 9.78. The SMILES string of the molecule is O=C1N[C@H](c2ccccc2)[C@@H](C(=O)c2cccs2)[C@](O)(C(F)(F)F)N1. The van der Waals surface area contributed by atoms with Gasteiger partial charge in [-0.1, -0.05) is 36.4 Å². The van der Waals surface area contributed by atoms with Crippen LogP contribution >= 0.6 is 11.3 Å². The highest BCUT2D eigenvalue weighted by Gasteiger charge is 2.66. The van der Waals surface area contributed by atoms with Gasteiger partial charge in [-0.15, -0.1) is 11.3 Å². The molecule has 0 spiro atoms. The van der Waals surface area contributed by atoms with Crippen molar-refractivity contribution in [2.75, 3.05) is 0 Å². The second kappa shape index (κ2) is 6.16. The van der Waals surface area contributed by atoms with Crippen LogP contribution in [-0.4, -0.2) is 28.8 Å². The number of carbonyl (C=O) groups excluding carboxylic acids is 2. The lowest BCUT2D eigenvalue weighted by molar-refractivity contribution is -0.287. The van der Waals surface area contributed by atoms with E-state index in [-0.39, 0.29) is 10.4 Å². The minimum Gasteiger partial charge on any atom is -0.363 e. The number of halogens is 3. The molecule has 2 heterocycles. The minimum atomic E-state index is -5.24. The fraction of sp³-hybridized carbons (Fsp3) is 0.250. The molecule has 5 nitrogen and oxygen atoms in total. The number of alkyl halides is 3. The summed E-state index contributed by atoms with van der Waals surface area (Å²) in [6.07, 6.45) is -5.24. The number of hydrogen-bond donors (Lipinski definition) is 3. The molecule has 2 amide bonds. The number of amides is 2. The minimum absolute atomic E-state index is 0.0616. The Balaban J connectivity index is 2.15. The van der Waals surface area contributed by atoms with E-state index in [4.69, 9.17) is 0 Å². The molecule has 0 unspecified atom stereocenters. The first-order chi connectivity index (χ1) is 11.7. The summed E-state index contributed by atoms with van der Waals surface area (Å²) in [7, 11) is 0. The van der Waals surface area contributed by atoms with E-state index < -0.39 is 35.7 Å². The van der Waals surface area contributed by atoms with Gasteiger partial charge in [0, 0.05) is 0 Å². The van der Waals surface area contributed by atoms with Crippen LogP contribution in [0.3, 0.4) is 0 Å². The lowest BCUT2D eigenvalue weighted by Crippen LogP contribution is -2.72. The number of carbonyl (C=O) groups is 2. The summed E-state index contributed by atoms with van der Waals surface area (Å²) in [5.41, 5.74) is -3.40. The normalized spacial score (nSPS) is 26.6. The standard InChI is InChI=1S/C16H13F3N2O3S/c17-16(18,19)15(24)11(13(22)10-7-4-8-25-10)12(20-14(23)21-15)9-5-2-1-3-6-9/h1-8,11-12,24H,(H2,20,21,23)/t11-,12+,15-/m0/s1. The van der Waals surface area contributed by atoms with E-state index in [0.29, 0.717) is 0 Å². The second-order valence-electron chi connectivity index (χ2n) is 5.57. The van der Waals surface area contributed by atoms with Gasteiger partial charge >= 0.3 is 12.2 Å². The molecule has 9 heteroatoms. The summed E-state index contributed by atoms with van der Waals surface area (Å²) in [5.74, 6) is -2.89. The van der Waals surface area contributed by atoms with E-state index in [1.807, 2.05) is 0 Å². The number of urea groups is 1. The first-order valence-electron chi connectivity index (χ1n) is 7.24. The molecule has 3 atom stereocenters. The highest BCUT2D eigenvalue weighted by molar-refractivity contribution is 7.12. The third kappa shape index (κ3) is 3.00. The first kappa shape index (κ1) is 17.4. The molecule has 1 aliphatic heterocycles. The quantitative estimate of drug-likeness (QED) is 0.727. The van der Waals surface area contributed by atoms with Crippen molar-refractivity contribution < 1.29 is 27.9 Å². The van der Waals surface area contributed by atoms with E-state index in [1.54, 1.807) is 23.6 Å². The van der Waals surface area contributed by atoms with Crippen molar-refractivity contribution in [1.82, 2.24) is 10.6 Å². The average Bonchev–Trinajstić information content (AvgIpc) is 3.08. The van der Waals surface area contributed by atoms with Gasteiger partial charge in [-0.3, -0.25) is 4.79 Å².